The number of carbonyl (C=O) groups excluding carboxylic acids is 1. The summed E-state index contributed by atoms with van der Waals surface area (Å²) in [6.45, 7) is 4.74. The molecule has 96 valence electrons. The Morgan fingerprint density at radius 1 is 1.44 bits per heavy atom. The molecule has 1 aromatic rings. The van der Waals surface area contributed by atoms with Gasteiger partial charge in [0.1, 0.15) is 0 Å². The maximum Gasteiger partial charge on any atom is 0.223 e. The number of hydrogen-bond donors (Lipinski definition) is 1. The molecule has 0 aliphatic carbocycles. The van der Waals surface area contributed by atoms with Gasteiger partial charge in [-0.05, 0) is 36.6 Å². The van der Waals surface area contributed by atoms with E-state index in [4.69, 9.17) is 0 Å². The van der Waals surface area contributed by atoms with E-state index in [9.17, 15) is 4.79 Å². The predicted molar refractivity (Wildman–Crippen MR) is 75.3 cm³/mol. The molecule has 3 nitrogen and oxygen atoms in total. The van der Waals surface area contributed by atoms with E-state index in [2.05, 4.69) is 23.5 Å². The van der Waals surface area contributed by atoms with Gasteiger partial charge in [0.05, 0.1) is 0 Å². The molecule has 0 radical (unpaired) electrons. The van der Waals surface area contributed by atoms with E-state index in [-0.39, 0.29) is 5.91 Å². The van der Waals surface area contributed by atoms with E-state index in [0.29, 0.717) is 0 Å². The Morgan fingerprint density at radius 3 is 2.94 bits per heavy atom. The van der Waals surface area contributed by atoms with E-state index < -0.39 is 0 Å². The summed E-state index contributed by atoms with van der Waals surface area (Å²) < 4.78 is 0. The van der Waals surface area contributed by atoms with Crippen LogP contribution in [0.5, 0.6) is 0 Å². The third kappa shape index (κ3) is 2.27. The van der Waals surface area contributed by atoms with Gasteiger partial charge in [0.2, 0.25) is 5.91 Å². The fourth-order valence-electron chi connectivity index (χ4n) is 2.51. The molecule has 2 heterocycles. The minimum absolute atomic E-state index is 0.152. The van der Waals surface area contributed by atoms with Crippen molar-refractivity contribution in [2.24, 2.45) is 0 Å². The van der Waals surface area contributed by atoms with Crippen molar-refractivity contribution >= 4 is 23.4 Å². The molecular formula is C14H18N2OS. The van der Waals surface area contributed by atoms with Crippen LogP contribution in [0.25, 0.3) is 0 Å². The quantitative estimate of drug-likeness (QED) is 0.885. The van der Waals surface area contributed by atoms with E-state index in [1.54, 1.807) is 6.92 Å². The summed E-state index contributed by atoms with van der Waals surface area (Å²) in [5.41, 5.74) is 2.44. The fourth-order valence-corrected chi connectivity index (χ4v) is 3.66. The number of aryl methyl sites for hydroxylation is 1. The Balaban J connectivity index is 1.83. The minimum Gasteiger partial charge on any atom is -0.314 e. The van der Waals surface area contributed by atoms with Crippen molar-refractivity contribution in [3.63, 3.8) is 0 Å². The summed E-state index contributed by atoms with van der Waals surface area (Å²) in [5.74, 6) is 0.152. The average molecular weight is 262 g/mol. The highest BCUT2D eigenvalue weighted by Gasteiger charge is 2.22. The second kappa shape index (κ2) is 4.94. The molecular weight excluding hydrogens is 244 g/mol. The summed E-state index contributed by atoms with van der Waals surface area (Å²) in [5, 5.41) is 4.01. The van der Waals surface area contributed by atoms with Crippen molar-refractivity contribution in [2.45, 2.75) is 29.9 Å². The van der Waals surface area contributed by atoms with Gasteiger partial charge >= 0.3 is 0 Å². The van der Waals surface area contributed by atoms with Crippen molar-refractivity contribution < 1.29 is 4.79 Å². The molecule has 1 N–H and O–H groups in total. The van der Waals surface area contributed by atoms with Gasteiger partial charge in [-0.2, -0.15) is 0 Å². The number of rotatable bonds is 2. The number of benzene rings is 1. The first-order valence-corrected chi connectivity index (χ1v) is 7.40. The lowest BCUT2D eigenvalue weighted by Crippen LogP contribution is -2.44. The lowest BCUT2D eigenvalue weighted by molar-refractivity contribution is -0.116. The smallest absolute Gasteiger partial charge is 0.223 e. The molecule has 18 heavy (non-hydrogen) atoms. The lowest BCUT2D eigenvalue weighted by atomic mass is 10.0. The first-order chi connectivity index (χ1) is 8.74. The van der Waals surface area contributed by atoms with Crippen molar-refractivity contribution in [2.75, 3.05) is 24.5 Å². The van der Waals surface area contributed by atoms with Gasteiger partial charge in [-0.15, -0.1) is 11.8 Å². The molecule has 0 spiro atoms. The Kier molecular flexibility index (Phi) is 3.31. The van der Waals surface area contributed by atoms with Gasteiger partial charge in [-0.25, -0.2) is 0 Å². The third-order valence-electron chi connectivity index (χ3n) is 3.60. The molecule has 2 aliphatic heterocycles. The third-order valence-corrected chi connectivity index (χ3v) is 4.79. The molecule has 4 heteroatoms. The molecule has 0 unspecified atom stereocenters. The van der Waals surface area contributed by atoms with Gasteiger partial charge in [0, 0.05) is 42.4 Å². The zero-order valence-corrected chi connectivity index (χ0v) is 11.4. The minimum atomic E-state index is 0.152. The second-order valence-electron chi connectivity index (χ2n) is 4.96. The normalized spacial score (nSPS) is 19.3. The Morgan fingerprint density at radius 2 is 2.28 bits per heavy atom. The van der Waals surface area contributed by atoms with Gasteiger partial charge in [0.25, 0.3) is 0 Å². The van der Waals surface area contributed by atoms with Crippen LogP contribution in [-0.2, 0) is 11.2 Å². The van der Waals surface area contributed by atoms with Crippen LogP contribution in [0.1, 0.15) is 18.9 Å². The zero-order valence-electron chi connectivity index (χ0n) is 10.6. The highest BCUT2D eigenvalue weighted by Crippen LogP contribution is 2.33. The molecule has 1 aromatic carbocycles. The maximum absolute atomic E-state index is 11.6. The number of nitrogens with one attached hydrogen (secondary N) is 1. The van der Waals surface area contributed by atoms with Crippen molar-refractivity contribution in [1.82, 2.24) is 5.32 Å². The largest absolute Gasteiger partial charge is 0.314 e. The van der Waals surface area contributed by atoms with Crippen LogP contribution in [0.15, 0.2) is 23.1 Å². The number of amides is 1. The molecule has 2 aliphatic rings. The number of hydrogen-bond acceptors (Lipinski definition) is 3. The lowest BCUT2D eigenvalue weighted by Gasteiger charge is -2.30. The van der Waals surface area contributed by atoms with E-state index in [1.807, 2.05) is 16.7 Å². The van der Waals surface area contributed by atoms with E-state index in [1.165, 1.54) is 10.5 Å². The molecule has 1 saturated heterocycles. The molecule has 1 amide bonds. The van der Waals surface area contributed by atoms with Gasteiger partial charge in [-0.1, -0.05) is 0 Å². The van der Waals surface area contributed by atoms with Crippen LogP contribution in [0, 0.1) is 0 Å². The van der Waals surface area contributed by atoms with Gasteiger partial charge in [-0.3, -0.25) is 4.79 Å². The van der Waals surface area contributed by atoms with Crippen molar-refractivity contribution in [3.8, 4) is 0 Å². The molecule has 0 atom stereocenters. The van der Waals surface area contributed by atoms with Crippen LogP contribution in [0.3, 0.4) is 0 Å². The number of thioether (sulfide) groups is 1. The number of carbonyl (C=O) groups is 1. The first-order valence-electron chi connectivity index (χ1n) is 6.52. The number of nitrogens with zero attached hydrogens (tertiary/aromatic N) is 1. The van der Waals surface area contributed by atoms with Crippen LogP contribution < -0.4 is 10.2 Å². The summed E-state index contributed by atoms with van der Waals surface area (Å²) >= 11 is 1.95. The molecule has 0 bridgehead atoms. The maximum atomic E-state index is 11.6. The Hall–Kier alpha value is -1.00. The summed E-state index contributed by atoms with van der Waals surface area (Å²) in [7, 11) is 0. The Labute approximate surface area is 112 Å². The fraction of sp³-hybridized carbons (Fsp3) is 0.500. The summed E-state index contributed by atoms with van der Waals surface area (Å²) in [6, 6.07) is 6.54. The molecule has 3 rings (SSSR count). The van der Waals surface area contributed by atoms with Gasteiger partial charge in [0.15, 0.2) is 0 Å². The van der Waals surface area contributed by atoms with Crippen molar-refractivity contribution in [3.05, 3.63) is 23.8 Å². The summed E-state index contributed by atoms with van der Waals surface area (Å²) in [6.07, 6.45) is 2.17. The number of fused-ring (bicyclic) bond motifs is 1. The SMILES string of the molecule is CC(=O)N1CCCc2cc(SC3CNC3)ccc21. The topological polar surface area (TPSA) is 32.3 Å². The van der Waals surface area contributed by atoms with E-state index >= 15 is 0 Å². The summed E-state index contributed by atoms with van der Waals surface area (Å²) in [4.78, 5) is 14.8. The van der Waals surface area contributed by atoms with Crippen molar-refractivity contribution in [1.29, 1.82) is 0 Å². The standard InChI is InChI=1S/C14H18N2OS/c1-10(17)16-6-2-3-11-7-12(4-5-14(11)16)18-13-8-15-9-13/h4-5,7,13,15H,2-3,6,8-9H2,1H3. The second-order valence-corrected chi connectivity index (χ2v) is 6.34. The Bertz CT molecular complexity index is 471. The highest BCUT2D eigenvalue weighted by atomic mass is 32.2. The highest BCUT2D eigenvalue weighted by molar-refractivity contribution is 8.00. The zero-order chi connectivity index (χ0) is 12.5. The van der Waals surface area contributed by atoms with Crippen LogP contribution in [-0.4, -0.2) is 30.8 Å². The molecule has 0 aromatic heterocycles. The van der Waals surface area contributed by atoms with Crippen LogP contribution in [0.4, 0.5) is 5.69 Å². The van der Waals surface area contributed by atoms with E-state index in [0.717, 1.165) is 43.4 Å². The molecule has 0 saturated carbocycles. The van der Waals surface area contributed by atoms with Crippen LogP contribution in [0.2, 0.25) is 0 Å². The number of anilines is 1. The average Bonchev–Trinajstić information content (AvgIpc) is 2.32. The molecule has 1 fully saturated rings. The monoisotopic (exact) mass is 262 g/mol. The van der Waals surface area contributed by atoms with Gasteiger partial charge < -0.3 is 10.2 Å². The predicted octanol–water partition coefficient (Wildman–Crippen LogP) is 2.05. The first kappa shape index (κ1) is 12.1. The van der Waals surface area contributed by atoms with Crippen LogP contribution >= 0.6 is 11.8 Å².